The molecule has 1 atom stereocenters. The Labute approximate surface area is 160 Å². The molecule has 7 heteroatoms. The molecule has 1 fully saturated rings. The molecule has 3 aromatic rings. The van der Waals surface area contributed by atoms with E-state index in [1.807, 2.05) is 34.7 Å². The molecule has 1 aliphatic heterocycles. The summed E-state index contributed by atoms with van der Waals surface area (Å²) in [5.74, 6) is 0.873. The van der Waals surface area contributed by atoms with Gasteiger partial charge in [-0.15, -0.1) is 0 Å². The van der Waals surface area contributed by atoms with Crippen molar-refractivity contribution in [2.24, 2.45) is 0 Å². The van der Waals surface area contributed by atoms with Crippen LogP contribution in [-0.4, -0.2) is 35.4 Å². The molecule has 1 saturated heterocycles. The van der Waals surface area contributed by atoms with Gasteiger partial charge in [-0.2, -0.15) is 11.3 Å². The monoisotopic (exact) mass is 385 g/mol. The van der Waals surface area contributed by atoms with Gasteiger partial charge < -0.3 is 14.6 Å². The Hall–Kier alpha value is -2.51. The third-order valence-electron chi connectivity index (χ3n) is 4.78. The fraction of sp³-hybridized carbons (Fsp3) is 0.300. The average Bonchev–Trinajstić information content (AvgIpc) is 3.32. The number of thiophene rings is 1. The zero-order valence-corrected chi connectivity index (χ0v) is 15.8. The second kappa shape index (κ2) is 7.62. The van der Waals surface area contributed by atoms with Gasteiger partial charge in [0.2, 0.25) is 11.8 Å². The van der Waals surface area contributed by atoms with E-state index in [9.17, 15) is 9.18 Å². The van der Waals surface area contributed by atoms with Gasteiger partial charge in [0, 0.05) is 30.6 Å². The first kappa shape index (κ1) is 17.9. The van der Waals surface area contributed by atoms with Crippen LogP contribution in [-0.2, 0) is 11.2 Å². The summed E-state index contributed by atoms with van der Waals surface area (Å²) in [4.78, 5) is 19.3. The zero-order valence-electron chi connectivity index (χ0n) is 14.9. The van der Waals surface area contributed by atoms with Crippen molar-refractivity contribution in [1.29, 1.82) is 0 Å². The van der Waals surface area contributed by atoms with Crippen LogP contribution in [0.1, 0.15) is 23.1 Å². The highest BCUT2D eigenvalue weighted by molar-refractivity contribution is 7.08. The second-order valence-corrected chi connectivity index (χ2v) is 7.35. The Morgan fingerprint density at radius 1 is 1.44 bits per heavy atom. The minimum atomic E-state index is -0.293. The fourth-order valence-electron chi connectivity index (χ4n) is 3.36. The van der Waals surface area contributed by atoms with Crippen LogP contribution in [0, 0.1) is 12.7 Å². The van der Waals surface area contributed by atoms with E-state index < -0.39 is 0 Å². The Kier molecular flexibility index (Phi) is 5.05. The molecule has 0 aliphatic carbocycles. The van der Waals surface area contributed by atoms with E-state index in [2.05, 4.69) is 10.3 Å². The number of oxazole rings is 1. The highest BCUT2D eigenvalue weighted by Gasteiger charge is 2.29. The van der Waals surface area contributed by atoms with E-state index in [4.69, 9.17) is 4.42 Å². The molecule has 0 bridgehead atoms. The molecule has 0 radical (unpaired) electrons. The summed E-state index contributed by atoms with van der Waals surface area (Å²) >= 11 is 1.57. The number of amides is 1. The third-order valence-corrected chi connectivity index (χ3v) is 5.46. The Bertz CT molecular complexity index is 939. The first-order valence-corrected chi connectivity index (χ1v) is 9.80. The first-order valence-electron chi connectivity index (χ1n) is 8.86. The van der Waals surface area contributed by atoms with Gasteiger partial charge in [-0.05, 0) is 36.1 Å². The van der Waals surface area contributed by atoms with Crippen LogP contribution >= 0.6 is 11.3 Å². The first-order chi connectivity index (χ1) is 13.1. The van der Waals surface area contributed by atoms with Crippen LogP contribution in [0.5, 0.6) is 0 Å². The number of rotatable bonds is 4. The molecule has 1 amide bonds. The van der Waals surface area contributed by atoms with Crippen molar-refractivity contribution in [2.75, 3.05) is 19.6 Å². The number of piperazine rings is 1. The lowest BCUT2D eigenvalue weighted by Crippen LogP contribution is -2.49. The summed E-state index contributed by atoms with van der Waals surface area (Å²) in [7, 11) is 0. The standard InChI is InChI=1S/C20H20FN3O2S/c1-13-17(23-20(26-13)15-5-8-27-12-15)10-19(25)24-7-6-22-11-18(24)14-3-2-4-16(21)9-14/h2-5,8-9,12,18,22H,6-7,10-11H2,1H3. The number of carbonyl (C=O) groups is 1. The third kappa shape index (κ3) is 3.79. The molecule has 1 aliphatic rings. The highest BCUT2D eigenvalue weighted by atomic mass is 32.1. The largest absolute Gasteiger partial charge is 0.441 e. The van der Waals surface area contributed by atoms with Crippen LogP contribution < -0.4 is 5.32 Å². The smallest absolute Gasteiger partial charge is 0.229 e. The Morgan fingerprint density at radius 2 is 2.33 bits per heavy atom. The molecule has 4 rings (SSSR count). The number of aryl methyl sites for hydroxylation is 1. The van der Waals surface area contributed by atoms with Crippen molar-refractivity contribution in [1.82, 2.24) is 15.2 Å². The van der Waals surface area contributed by atoms with Crippen molar-refractivity contribution >= 4 is 17.2 Å². The Morgan fingerprint density at radius 3 is 3.11 bits per heavy atom. The van der Waals surface area contributed by atoms with Gasteiger partial charge in [0.1, 0.15) is 11.6 Å². The zero-order chi connectivity index (χ0) is 18.8. The molecule has 0 saturated carbocycles. The lowest BCUT2D eigenvalue weighted by molar-refractivity contribution is -0.133. The molecular formula is C20H20FN3O2S. The van der Waals surface area contributed by atoms with E-state index >= 15 is 0 Å². The summed E-state index contributed by atoms with van der Waals surface area (Å²) in [5, 5.41) is 7.21. The molecule has 2 aromatic heterocycles. The molecule has 1 unspecified atom stereocenters. The van der Waals surface area contributed by atoms with Crippen LogP contribution in [0.3, 0.4) is 0 Å². The van der Waals surface area contributed by atoms with Crippen molar-refractivity contribution in [2.45, 2.75) is 19.4 Å². The lowest BCUT2D eigenvalue weighted by Gasteiger charge is -2.36. The van der Waals surface area contributed by atoms with Gasteiger partial charge in [-0.3, -0.25) is 4.79 Å². The van der Waals surface area contributed by atoms with Crippen LogP contribution in [0.2, 0.25) is 0 Å². The van der Waals surface area contributed by atoms with E-state index in [-0.39, 0.29) is 24.2 Å². The second-order valence-electron chi connectivity index (χ2n) is 6.57. The summed E-state index contributed by atoms with van der Waals surface area (Å²) in [6.45, 7) is 3.73. The van der Waals surface area contributed by atoms with Gasteiger partial charge in [0.15, 0.2) is 0 Å². The van der Waals surface area contributed by atoms with Crippen molar-refractivity contribution in [3.8, 4) is 11.5 Å². The highest BCUT2D eigenvalue weighted by Crippen LogP contribution is 2.26. The van der Waals surface area contributed by atoms with Crippen LogP contribution in [0.25, 0.3) is 11.5 Å². The predicted molar refractivity (Wildman–Crippen MR) is 102 cm³/mol. The maximum atomic E-state index is 13.6. The number of nitrogens with one attached hydrogen (secondary N) is 1. The number of nitrogens with zero attached hydrogens (tertiary/aromatic N) is 2. The van der Waals surface area contributed by atoms with Gasteiger partial charge in [0.05, 0.1) is 18.2 Å². The lowest BCUT2D eigenvalue weighted by atomic mass is 10.0. The molecule has 1 N–H and O–H groups in total. The van der Waals surface area contributed by atoms with E-state index in [0.29, 0.717) is 30.4 Å². The molecule has 140 valence electrons. The van der Waals surface area contributed by atoms with E-state index in [1.54, 1.807) is 17.4 Å². The normalized spacial score (nSPS) is 17.3. The quantitative estimate of drug-likeness (QED) is 0.746. The molecule has 1 aromatic carbocycles. The van der Waals surface area contributed by atoms with Gasteiger partial charge in [-0.25, -0.2) is 9.37 Å². The molecule has 27 heavy (non-hydrogen) atoms. The molecule has 0 spiro atoms. The van der Waals surface area contributed by atoms with Crippen LogP contribution in [0.15, 0.2) is 45.5 Å². The number of benzene rings is 1. The minimum absolute atomic E-state index is 0.0287. The van der Waals surface area contributed by atoms with Crippen LogP contribution in [0.4, 0.5) is 4.39 Å². The summed E-state index contributed by atoms with van der Waals surface area (Å²) in [5.41, 5.74) is 2.37. The number of hydrogen-bond donors (Lipinski definition) is 1. The Balaban J connectivity index is 1.54. The summed E-state index contributed by atoms with van der Waals surface area (Å²) in [6, 6.07) is 8.20. The average molecular weight is 385 g/mol. The SMILES string of the molecule is Cc1oc(-c2ccsc2)nc1CC(=O)N1CCNCC1c1cccc(F)c1. The maximum absolute atomic E-state index is 13.6. The number of aromatic nitrogens is 1. The molecule has 3 heterocycles. The topological polar surface area (TPSA) is 58.4 Å². The van der Waals surface area contributed by atoms with Gasteiger partial charge >= 0.3 is 0 Å². The van der Waals surface area contributed by atoms with Crippen molar-refractivity contribution < 1.29 is 13.6 Å². The van der Waals surface area contributed by atoms with Gasteiger partial charge in [0.25, 0.3) is 0 Å². The maximum Gasteiger partial charge on any atom is 0.229 e. The molecular weight excluding hydrogens is 365 g/mol. The number of carbonyl (C=O) groups excluding carboxylic acids is 1. The summed E-state index contributed by atoms with van der Waals surface area (Å²) in [6.07, 6.45) is 0.172. The number of hydrogen-bond acceptors (Lipinski definition) is 5. The van der Waals surface area contributed by atoms with Gasteiger partial charge in [-0.1, -0.05) is 12.1 Å². The van der Waals surface area contributed by atoms with E-state index in [1.165, 1.54) is 12.1 Å². The van der Waals surface area contributed by atoms with Crippen molar-refractivity contribution in [3.05, 3.63) is 63.9 Å². The minimum Gasteiger partial charge on any atom is -0.441 e. The molecule has 5 nitrogen and oxygen atoms in total. The summed E-state index contributed by atoms with van der Waals surface area (Å²) < 4.78 is 19.4. The fourth-order valence-corrected chi connectivity index (χ4v) is 3.99. The number of halogens is 1. The predicted octanol–water partition coefficient (Wildman–Crippen LogP) is 3.57. The van der Waals surface area contributed by atoms with E-state index in [0.717, 1.165) is 17.7 Å². The van der Waals surface area contributed by atoms with Crippen molar-refractivity contribution in [3.63, 3.8) is 0 Å².